The van der Waals surface area contributed by atoms with Crippen LogP contribution in [0.5, 0.6) is 11.5 Å². The largest absolute Gasteiger partial charge is 0.496 e. The number of nitrogens with one attached hydrogen (secondary N) is 3. The highest BCUT2D eigenvalue weighted by atomic mass is 32.2. The van der Waals surface area contributed by atoms with Gasteiger partial charge in [0.05, 0.1) is 40.0 Å². The zero-order valence-electron chi connectivity index (χ0n) is 41.7. The molecule has 73 heavy (non-hydrogen) atoms. The number of aryl methyl sites for hydroxylation is 1. The maximum atomic E-state index is 13.6. The lowest BCUT2D eigenvalue weighted by atomic mass is 10.0. The van der Waals surface area contributed by atoms with E-state index in [0.29, 0.717) is 60.6 Å². The number of likely N-dealkylation sites (N-methyl/N-ethyl adjacent to an activating group) is 1. The first-order valence-electron chi connectivity index (χ1n) is 24.7. The van der Waals surface area contributed by atoms with E-state index in [2.05, 4.69) is 25.4 Å². The van der Waals surface area contributed by atoms with Gasteiger partial charge in [-0.3, -0.25) is 59.0 Å². The molecule has 4 aliphatic heterocycles. The van der Waals surface area contributed by atoms with E-state index in [9.17, 15) is 33.6 Å². The molecule has 4 aliphatic rings. The van der Waals surface area contributed by atoms with Gasteiger partial charge in [0.2, 0.25) is 5.91 Å². The Balaban J connectivity index is 0.695. The number of imide groups is 2. The van der Waals surface area contributed by atoms with Crippen LogP contribution in [0.4, 0.5) is 10.8 Å². The van der Waals surface area contributed by atoms with E-state index in [4.69, 9.17) is 14.9 Å². The SMILES string of the molecule is COc1cc(C)c(Sc2cnc(NC(=O)c3ccc(N4CCN(CCCCCCCNC(=O)COc5cccc6c5C(=O)N(C5CCC(=O)N(C)C5=O)C6=O)CC4)cc3)s2)cc1C(=O)N1CCN(C(C)=N)CC1. The molecule has 0 spiro atoms. The van der Waals surface area contributed by atoms with Gasteiger partial charge in [-0.2, -0.15) is 0 Å². The molecule has 7 amide bonds. The zero-order chi connectivity index (χ0) is 51.8. The molecule has 3 N–H and O–H groups in total. The average molecular weight is 1040 g/mol. The Morgan fingerprint density at radius 3 is 2.30 bits per heavy atom. The molecule has 19 nitrogen and oxygen atoms in total. The van der Waals surface area contributed by atoms with Gasteiger partial charge in [-0.25, -0.2) is 4.98 Å². The fourth-order valence-electron chi connectivity index (χ4n) is 9.44. The number of hydrogen-bond donors (Lipinski definition) is 3. The second-order valence-electron chi connectivity index (χ2n) is 18.5. The fraction of sp³-hybridized carbons (Fsp3) is 0.442. The third kappa shape index (κ3) is 12.3. The average Bonchev–Trinajstić information content (AvgIpc) is 3.95. The van der Waals surface area contributed by atoms with Crippen LogP contribution in [-0.2, 0) is 14.4 Å². The molecule has 3 aromatic carbocycles. The van der Waals surface area contributed by atoms with Crippen molar-refractivity contribution in [3.05, 3.63) is 88.6 Å². The standard InChI is InChI=1S/C52H62N10O9S2/c1-33-29-41(70-4)38(48(66)61-27-25-59(26-28-61)34(2)53)30-42(33)72-45-31-55-52(73-45)56-47(65)35-13-15-36(16-14-35)60-23-21-58(22-24-60)20-9-7-5-6-8-19-54-43(63)32-71-40-12-10-11-37-46(40)51(69)62(49(37)67)39-17-18-44(64)57(3)50(39)68/h10-16,29-31,39,53H,5-9,17-28,32H2,1-4H3,(H,54,63)(H,55,56,65). The number of methoxy groups -OCH3 is 1. The topological polar surface area (TPSA) is 218 Å². The molecule has 4 aromatic rings. The molecule has 1 unspecified atom stereocenters. The molecule has 0 aliphatic carbocycles. The number of thiazole rings is 1. The highest BCUT2D eigenvalue weighted by Gasteiger charge is 2.47. The fourth-order valence-corrected chi connectivity index (χ4v) is 11.4. The summed E-state index contributed by atoms with van der Waals surface area (Å²) in [5.74, 6) is -1.85. The lowest BCUT2D eigenvalue weighted by Gasteiger charge is -2.36. The number of rotatable bonds is 19. The van der Waals surface area contributed by atoms with Crippen molar-refractivity contribution in [1.29, 1.82) is 5.41 Å². The van der Waals surface area contributed by atoms with Crippen molar-refractivity contribution < 1.29 is 43.0 Å². The van der Waals surface area contributed by atoms with Crippen LogP contribution < -0.4 is 25.0 Å². The first-order chi connectivity index (χ1) is 35.2. The lowest BCUT2D eigenvalue weighted by molar-refractivity contribution is -0.149. The Bertz CT molecular complexity index is 2750. The summed E-state index contributed by atoms with van der Waals surface area (Å²) in [4.78, 5) is 107. The van der Waals surface area contributed by atoms with Crippen LogP contribution in [-0.4, -0.2) is 169 Å². The number of ether oxygens (including phenoxy) is 2. The Morgan fingerprint density at radius 1 is 0.863 bits per heavy atom. The number of piperidine rings is 1. The zero-order valence-corrected chi connectivity index (χ0v) is 43.3. The van der Waals surface area contributed by atoms with Crippen LogP contribution in [0.15, 0.2) is 69.9 Å². The van der Waals surface area contributed by atoms with Crippen molar-refractivity contribution in [3.63, 3.8) is 0 Å². The van der Waals surface area contributed by atoms with Gasteiger partial charge < -0.3 is 29.5 Å². The van der Waals surface area contributed by atoms with E-state index in [1.54, 1.807) is 31.2 Å². The summed E-state index contributed by atoms with van der Waals surface area (Å²) in [6.45, 7) is 10.9. The van der Waals surface area contributed by atoms with Crippen LogP contribution >= 0.6 is 23.1 Å². The molecule has 3 fully saturated rings. The van der Waals surface area contributed by atoms with Crippen molar-refractivity contribution in [1.82, 2.24) is 34.8 Å². The second kappa shape index (κ2) is 23.8. The quantitative estimate of drug-likeness (QED) is 0.0449. The minimum atomic E-state index is -1.07. The smallest absolute Gasteiger partial charge is 0.266 e. The molecule has 5 heterocycles. The number of carbonyl (C=O) groups excluding carboxylic acids is 7. The summed E-state index contributed by atoms with van der Waals surface area (Å²) in [7, 11) is 2.90. The summed E-state index contributed by atoms with van der Waals surface area (Å²) in [6, 6.07) is 14.9. The van der Waals surface area contributed by atoms with Crippen LogP contribution in [0.2, 0.25) is 0 Å². The maximum absolute atomic E-state index is 13.6. The third-order valence-electron chi connectivity index (χ3n) is 13.7. The van der Waals surface area contributed by atoms with Gasteiger partial charge in [0.25, 0.3) is 35.4 Å². The lowest BCUT2D eigenvalue weighted by Crippen LogP contribution is -2.54. The number of likely N-dealkylation sites (tertiary alicyclic amines) is 1. The third-order valence-corrected chi connectivity index (χ3v) is 15.9. The van der Waals surface area contributed by atoms with E-state index in [0.717, 1.165) is 95.0 Å². The van der Waals surface area contributed by atoms with Gasteiger partial charge in [0.15, 0.2) is 11.7 Å². The number of piperazine rings is 2. The van der Waals surface area contributed by atoms with Gasteiger partial charge in [-0.05, 0) is 93.7 Å². The number of anilines is 2. The Labute approximate surface area is 433 Å². The van der Waals surface area contributed by atoms with Gasteiger partial charge >= 0.3 is 0 Å². The highest BCUT2D eigenvalue weighted by Crippen LogP contribution is 2.39. The predicted octanol–water partition coefficient (Wildman–Crippen LogP) is 5.63. The number of amides is 7. The van der Waals surface area contributed by atoms with Crippen molar-refractivity contribution in [2.24, 2.45) is 0 Å². The molecule has 8 rings (SSSR count). The van der Waals surface area contributed by atoms with Crippen molar-refractivity contribution in [2.45, 2.75) is 73.9 Å². The highest BCUT2D eigenvalue weighted by molar-refractivity contribution is 8.01. The first kappa shape index (κ1) is 52.5. The number of unbranched alkanes of at least 4 members (excludes halogenated alkanes) is 4. The Hall–Kier alpha value is -6.84. The minimum absolute atomic E-state index is 0.0126. The number of aromatic nitrogens is 1. The summed E-state index contributed by atoms with van der Waals surface area (Å²) < 4.78 is 12.2. The molecule has 0 bridgehead atoms. The summed E-state index contributed by atoms with van der Waals surface area (Å²) in [5.41, 5.74) is 3.17. The van der Waals surface area contributed by atoms with Crippen molar-refractivity contribution in [2.75, 3.05) is 96.4 Å². The van der Waals surface area contributed by atoms with Crippen molar-refractivity contribution >= 4 is 81.1 Å². The van der Waals surface area contributed by atoms with Gasteiger partial charge in [0, 0.05) is 88.5 Å². The molecule has 3 saturated heterocycles. The van der Waals surface area contributed by atoms with E-state index in [-0.39, 0.29) is 60.0 Å². The number of hydrogen-bond acceptors (Lipinski definition) is 15. The Morgan fingerprint density at radius 2 is 1.58 bits per heavy atom. The molecule has 386 valence electrons. The van der Waals surface area contributed by atoms with Gasteiger partial charge in [0.1, 0.15) is 17.5 Å². The first-order valence-corrected chi connectivity index (χ1v) is 26.3. The van der Waals surface area contributed by atoms with Crippen LogP contribution in [0.3, 0.4) is 0 Å². The second-order valence-corrected chi connectivity index (χ2v) is 20.9. The molecule has 1 atom stereocenters. The summed E-state index contributed by atoms with van der Waals surface area (Å²) in [5, 5.41) is 14.2. The minimum Gasteiger partial charge on any atom is -0.496 e. The monoisotopic (exact) mass is 1030 g/mol. The molecule has 21 heteroatoms. The number of fused-ring (bicyclic) bond motifs is 1. The van der Waals surface area contributed by atoms with Crippen LogP contribution in [0, 0.1) is 12.3 Å². The van der Waals surface area contributed by atoms with E-state index in [1.807, 2.05) is 48.2 Å². The number of carbonyl (C=O) groups is 7. The van der Waals surface area contributed by atoms with E-state index >= 15 is 0 Å². The van der Waals surface area contributed by atoms with E-state index in [1.165, 1.54) is 42.3 Å². The maximum Gasteiger partial charge on any atom is 0.266 e. The predicted molar refractivity (Wildman–Crippen MR) is 277 cm³/mol. The number of amidine groups is 1. The number of nitrogens with zero attached hydrogens (tertiary/aromatic N) is 7. The molecular formula is C52H62N10O9S2. The van der Waals surface area contributed by atoms with Crippen LogP contribution in [0.1, 0.15) is 98.9 Å². The van der Waals surface area contributed by atoms with Gasteiger partial charge in [-0.1, -0.05) is 48.4 Å². The summed E-state index contributed by atoms with van der Waals surface area (Å²) >= 11 is 2.86. The Kier molecular flexibility index (Phi) is 17.1. The normalized spacial score (nSPS) is 17.3. The molecule has 0 radical (unpaired) electrons. The van der Waals surface area contributed by atoms with Gasteiger partial charge in [-0.15, -0.1) is 0 Å². The van der Waals surface area contributed by atoms with E-state index < -0.39 is 23.8 Å². The molecule has 0 saturated carbocycles. The molecule has 1 aromatic heterocycles. The molecular weight excluding hydrogens is 973 g/mol. The summed E-state index contributed by atoms with van der Waals surface area (Å²) in [6.07, 6.45) is 6.83. The van der Waals surface area contributed by atoms with Crippen molar-refractivity contribution in [3.8, 4) is 11.5 Å². The van der Waals surface area contributed by atoms with Crippen LogP contribution in [0.25, 0.3) is 0 Å². The number of benzene rings is 3.